The maximum absolute atomic E-state index is 13.5. The van der Waals surface area contributed by atoms with Gasteiger partial charge in [0.1, 0.15) is 5.82 Å². The van der Waals surface area contributed by atoms with Crippen molar-refractivity contribution in [3.63, 3.8) is 0 Å². The summed E-state index contributed by atoms with van der Waals surface area (Å²) in [6, 6.07) is 8.30. The fraction of sp³-hybridized carbons (Fsp3) is 0.0909. The normalized spacial score (nSPS) is 10.3. The summed E-state index contributed by atoms with van der Waals surface area (Å²) < 4.78 is 13.9. The zero-order valence-electron chi connectivity index (χ0n) is 8.04. The van der Waals surface area contributed by atoms with Crippen molar-refractivity contribution < 1.29 is 4.39 Å². The van der Waals surface area contributed by atoms with Crippen LogP contribution in [0.5, 0.6) is 0 Å². The molecular formula is C11H8BrFN2. The Morgan fingerprint density at radius 2 is 1.93 bits per heavy atom. The number of hydrogen-bond acceptors (Lipinski definition) is 2. The Bertz CT molecular complexity index is 479. The summed E-state index contributed by atoms with van der Waals surface area (Å²) in [5.41, 5.74) is 1.88. The minimum Gasteiger partial charge on any atom is -0.227 e. The second-order valence-corrected chi connectivity index (χ2v) is 3.85. The van der Waals surface area contributed by atoms with E-state index in [1.165, 1.54) is 6.07 Å². The lowest BCUT2D eigenvalue weighted by Gasteiger charge is -2.03. The van der Waals surface area contributed by atoms with E-state index in [9.17, 15) is 4.39 Å². The Labute approximate surface area is 95.3 Å². The molecule has 0 aliphatic rings. The van der Waals surface area contributed by atoms with Crippen molar-refractivity contribution in [2.75, 3.05) is 0 Å². The van der Waals surface area contributed by atoms with Crippen LogP contribution < -0.4 is 0 Å². The third kappa shape index (κ3) is 2.21. The average molecular weight is 267 g/mol. The monoisotopic (exact) mass is 266 g/mol. The molecule has 1 heterocycles. The number of benzene rings is 1. The van der Waals surface area contributed by atoms with Crippen molar-refractivity contribution in [2.24, 2.45) is 0 Å². The van der Waals surface area contributed by atoms with Gasteiger partial charge in [-0.05, 0) is 41.1 Å². The lowest BCUT2D eigenvalue weighted by Crippen LogP contribution is -1.92. The average Bonchev–Trinajstić information content (AvgIpc) is 2.16. The first-order chi connectivity index (χ1) is 7.16. The van der Waals surface area contributed by atoms with Gasteiger partial charge in [-0.2, -0.15) is 0 Å². The van der Waals surface area contributed by atoms with E-state index in [1.54, 1.807) is 24.3 Å². The van der Waals surface area contributed by atoms with Crippen molar-refractivity contribution >= 4 is 15.9 Å². The Morgan fingerprint density at radius 1 is 1.20 bits per heavy atom. The van der Waals surface area contributed by atoms with E-state index in [-0.39, 0.29) is 5.82 Å². The zero-order valence-corrected chi connectivity index (χ0v) is 9.62. The van der Waals surface area contributed by atoms with Crippen LogP contribution in [0.25, 0.3) is 11.3 Å². The molecule has 0 unspecified atom stereocenters. The van der Waals surface area contributed by atoms with Crippen LogP contribution in [0.15, 0.2) is 35.1 Å². The fourth-order valence-corrected chi connectivity index (χ4v) is 1.81. The van der Waals surface area contributed by atoms with Gasteiger partial charge in [0.15, 0.2) is 4.73 Å². The van der Waals surface area contributed by atoms with Gasteiger partial charge >= 0.3 is 0 Å². The molecule has 4 heteroatoms. The van der Waals surface area contributed by atoms with Gasteiger partial charge in [-0.3, -0.25) is 0 Å². The van der Waals surface area contributed by atoms with Gasteiger partial charge in [0.05, 0.1) is 5.69 Å². The minimum atomic E-state index is -0.275. The van der Waals surface area contributed by atoms with Crippen LogP contribution in [-0.2, 0) is 0 Å². The third-order valence-corrected chi connectivity index (χ3v) is 2.33. The first kappa shape index (κ1) is 10.2. The maximum Gasteiger partial charge on any atom is 0.197 e. The van der Waals surface area contributed by atoms with Crippen molar-refractivity contribution in [2.45, 2.75) is 6.92 Å². The molecule has 0 saturated carbocycles. The molecule has 2 nitrogen and oxygen atoms in total. The van der Waals surface area contributed by atoms with E-state index in [0.29, 0.717) is 16.0 Å². The largest absolute Gasteiger partial charge is 0.227 e. The summed E-state index contributed by atoms with van der Waals surface area (Å²) >= 11 is 3.19. The summed E-state index contributed by atoms with van der Waals surface area (Å²) in [5, 5.41) is 0. The minimum absolute atomic E-state index is 0.275. The summed E-state index contributed by atoms with van der Waals surface area (Å²) in [4.78, 5) is 8.20. The highest BCUT2D eigenvalue weighted by molar-refractivity contribution is 9.10. The quantitative estimate of drug-likeness (QED) is 0.740. The number of halogens is 2. The van der Waals surface area contributed by atoms with Gasteiger partial charge in [0, 0.05) is 11.3 Å². The van der Waals surface area contributed by atoms with Gasteiger partial charge < -0.3 is 0 Å². The van der Waals surface area contributed by atoms with E-state index in [0.717, 1.165) is 5.69 Å². The molecule has 0 aliphatic carbocycles. The molecule has 1 aromatic heterocycles. The van der Waals surface area contributed by atoms with Gasteiger partial charge in [0.25, 0.3) is 0 Å². The topological polar surface area (TPSA) is 25.8 Å². The van der Waals surface area contributed by atoms with Crippen molar-refractivity contribution in [3.8, 4) is 11.3 Å². The number of aromatic nitrogens is 2. The second kappa shape index (κ2) is 4.06. The van der Waals surface area contributed by atoms with Gasteiger partial charge in [-0.15, -0.1) is 0 Å². The van der Waals surface area contributed by atoms with Crippen LogP contribution in [0.2, 0.25) is 0 Å². The molecule has 0 spiro atoms. The van der Waals surface area contributed by atoms with Crippen molar-refractivity contribution in [1.29, 1.82) is 0 Å². The van der Waals surface area contributed by atoms with Gasteiger partial charge in [0.2, 0.25) is 0 Å². The molecule has 76 valence electrons. The van der Waals surface area contributed by atoms with E-state index in [4.69, 9.17) is 0 Å². The molecule has 0 amide bonds. The third-order valence-electron chi connectivity index (χ3n) is 1.98. The molecule has 0 saturated heterocycles. The first-order valence-electron chi connectivity index (χ1n) is 4.43. The van der Waals surface area contributed by atoms with Crippen LogP contribution in [-0.4, -0.2) is 9.97 Å². The highest BCUT2D eigenvalue weighted by Crippen LogP contribution is 2.22. The first-order valence-corrected chi connectivity index (χ1v) is 5.22. The van der Waals surface area contributed by atoms with E-state index in [1.807, 2.05) is 6.92 Å². The van der Waals surface area contributed by atoms with E-state index < -0.39 is 0 Å². The Balaban J connectivity index is 2.59. The molecule has 0 N–H and O–H groups in total. The van der Waals surface area contributed by atoms with E-state index in [2.05, 4.69) is 25.9 Å². The zero-order chi connectivity index (χ0) is 10.8. The lowest BCUT2D eigenvalue weighted by atomic mass is 10.1. The predicted molar refractivity (Wildman–Crippen MR) is 59.9 cm³/mol. The van der Waals surface area contributed by atoms with Crippen LogP contribution in [0.4, 0.5) is 4.39 Å². The molecule has 2 aromatic rings. The number of rotatable bonds is 1. The highest BCUT2D eigenvalue weighted by atomic mass is 79.9. The molecular weight excluding hydrogens is 259 g/mol. The van der Waals surface area contributed by atoms with Crippen LogP contribution in [0.3, 0.4) is 0 Å². The summed E-state index contributed by atoms with van der Waals surface area (Å²) in [7, 11) is 0. The molecule has 0 bridgehead atoms. The summed E-state index contributed by atoms with van der Waals surface area (Å²) in [5.74, 6) is -0.275. The standard InChI is InChI=1S/C11H8BrFN2/c1-7-6-10(15-11(12)14-7)8-4-2-3-5-9(8)13/h2-6H,1H3. The van der Waals surface area contributed by atoms with Crippen molar-refractivity contribution in [1.82, 2.24) is 9.97 Å². The van der Waals surface area contributed by atoms with Gasteiger partial charge in [-0.1, -0.05) is 12.1 Å². The summed E-state index contributed by atoms with van der Waals surface area (Å²) in [6.45, 7) is 1.84. The Kier molecular flexibility index (Phi) is 2.77. The lowest BCUT2D eigenvalue weighted by molar-refractivity contribution is 0.630. The predicted octanol–water partition coefficient (Wildman–Crippen LogP) is 3.35. The van der Waals surface area contributed by atoms with Gasteiger partial charge in [-0.25, -0.2) is 14.4 Å². The maximum atomic E-state index is 13.5. The molecule has 0 radical (unpaired) electrons. The fourth-order valence-electron chi connectivity index (χ4n) is 1.34. The number of hydrogen-bond donors (Lipinski definition) is 0. The highest BCUT2D eigenvalue weighted by Gasteiger charge is 2.07. The van der Waals surface area contributed by atoms with E-state index >= 15 is 0 Å². The Hall–Kier alpha value is -1.29. The molecule has 15 heavy (non-hydrogen) atoms. The summed E-state index contributed by atoms with van der Waals surface area (Å²) in [6.07, 6.45) is 0. The Morgan fingerprint density at radius 3 is 2.60 bits per heavy atom. The number of nitrogens with zero attached hydrogens (tertiary/aromatic N) is 2. The van der Waals surface area contributed by atoms with Crippen LogP contribution in [0, 0.1) is 12.7 Å². The number of aryl methyl sites for hydroxylation is 1. The molecule has 0 atom stereocenters. The van der Waals surface area contributed by atoms with Crippen molar-refractivity contribution in [3.05, 3.63) is 46.6 Å². The van der Waals surface area contributed by atoms with Crippen LogP contribution in [0.1, 0.15) is 5.69 Å². The molecule has 1 aromatic carbocycles. The SMILES string of the molecule is Cc1cc(-c2ccccc2F)nc(Br)n1. The smallest absolute Gasteiger partial charge is 0.197 e. The molecule has 0 aliphatic heterocycles. The second-order valence-electron chi connectivity index (χ2n) is 3.14. The molecule has 0 fully saturated rings. The van der Waals surface area contributed by atoms with Crippen LogP contribution >= 0.6 is 15.9 Å². The molecule has 2 rings (SSSR count).